The summed E-state index contributed by atoms with van der Waals surface area (Å²) in [5.74, 6) is -0.462. The maximum atomic E-state index is 12.6. The third-order valence-electron chi connectivity index (χ3n) is 4.63. The first-order chi connectivity index (χ1) is 11.9. The first-order valence-electron chi connectivity index (χ1n) is 8.32. The molecule has 1 saturated carbocycles. The number of carbonyl (C=O) groups is 2. The highest BCUT2D eigenvalue weighted by Gasteiger charge is 2.56. The average Bonchev–Trinajstić information content (AvgIpc) is 3.38. The van der Waals surface area contributed by atoms with Crippen LogP contribution in [-0.2, 0) is 16.1 Å². The van der Waals surface area contributed by atoms with Crippen molar-refractivity contribution in [2.45, 2.75) is 33.2 Å². The second-order valence-corrected chi connectivity index (χ2v) is 7.10. The van der Waals surface area contributed by atoms with Crippen LogP contribution in [0.2, 0.25) is 5.02 Å². The van der Waals surface area contributed by atoms with Crippen LogP contribution in [0.3, 0.4) is 0 Å². The molecule has 25 heavy (non-hydrogen) atoms. The van der Waals surface area contributed by atoms with Crippen molar-refractivity contribution in [2.75, 3.05) is 5.32 Å². The molecule has 0 aliphatic heterocycles. The van der Waals surface area contributed by atoms with E-state index >= 15 is 0 Å². The molecule has 2 amide bonds. The van der Waals surface area contributed by atoms with Crippen LogP contribution in [0.25, 0.3) is 0 Å². The molecule has 1 fully saturated rings. The van der Waals surface area contributed by atoms with E-state index in [1.807, 2.05) is 38.1 Å². The minimum absolute atomic E-state index is 0.211. The summed E-state index contributed by atoms with van der Waals surface area (Å²) >= 11 is 5.94. The fourth-order valence-electron chi connectivity index (χ4n) is 2.75. The van der Waals surface area contributed by atoms with Gasteiger partial charge in [-0.3, -0.25) is 9.59 Å². The molecule has 1 aliphatic carbocycles. The van der Waals surface area contributed by atoms with E-state index < -0.39 is 5.41 Å². The van der Waals surface area contributed by atoms with Crippen molar-refractivity contribution < 1.29 is 9.59 Å². The summed E-state index contributed by atoms with van der Waals surface area (Å²) in [6.07, 6.45) is 1.15. The van der Waals surface area contributed by atoms with E-state index in [4.69, 9.17) is 11.6 Å². The van der Waals surface area contributed by atoms with Crippen LogP contribution in [0.15, 0.2) is 42.5 Å². The Balaban J connectivity index is 1.63. The van der Waals surface area contributed by atoms with Crippen molar-refractivity contribution in [1.82, 2.24) is 5.32 Å². The molecule has 2 N–H and O–H groups in total. The van der Waals surface area contributed by atoms with Crippen molar-refractivity contribution in [3.05, 3.63) is 64.2 Å². The first-order valence-corrected chi connectivity index (χ1v) is 8.70. The second kappa shape index (κ2) is 6.89. The van der Waals surface area contributed by atoms with Crippen LogP contribution in [0.1, 0.15) is 29.5 Å². The normalized spacial score (nSPS) is 14.7. The van der Waals surface area contributed by atoms with E-state index in [2.05, 4.69) is 10.6 Å². The van der Waals surface area contributed by atoms with E-state index in [1.165, 1.54) is 5.56 Å². The zero-order valence-corrected chi connectivity index (χ0v) is 15.1. The molecular formula is C20H21ClN2O2. The topological polar surface area (TPSA) is 58.2 Å². The quantitative estimate of drug-likeness (QED) is 0.796. The molecule has 0 atom stereocenters. The highest BCUT2D eigenvalue weighted by atomic mass is 35.5. The Morgan fingerprint density at radius 3 is 2.32 bits per heavy atom. The van der Waals surface area contributed by atoms with Gasteiger partial charge in [-0.25, -0.2) is 0 Å². The predicted molar refractivity (Wildman–Crippen MR) is 99.5 cm³/mol. The van der Waals surface area contributed by atoms with Gasteiger partial charge in [-0.15, -0.1) is 0 Å². The molecule has 2 aromatic rings. The van der Waals surface area contributed by atoms with Crippen molar-refractivity contribution in [2.24, 2.45) is 5.41 Å². The van der Waals surface area contributed by atoms with Gasteiger partial charge in [0.25, 0.3) is 0 Å². The Bertz CT molecular complexity index is 811. The fraction of sp³-hybridized carbons (Fsp3) is 0.300. The summed E-state index contributed by atoms with van der Waals surface area (Å²) in [6, 6.07) is 13.2. The first kappa shape index (κ1) is 17.5. The lowest BCUT2D eigenvalue weighted by atomic mass is 10.0. The molecule has 3 rings (SSSR count). The molecule has 0 radical (unpaired) electrons. The highest BCUT2D eigenvalue weighted by molar-refractivity contribution is 6.30. The molecule has 5 heteroatoms. The molecule has 0 spiro atoms. The monoisotopic (exact) mass is 356 g/mol. The lowest BCUT2D eigenvalue weighted by molar-refractivity contribution is -0.134. The van der Waals surface area contributed by atoms with E-state index in [-0.39, 0.29) is 11.8 Å². The number of hydrogen-bond donors (Lipinski definition) is 2. The van der Waals surface area contributed by atoms with Gasteiger partial charge in [-0.05, 0) is 56.0 Å². The number of carbonyl (C=O) groups excluding carboxylic acids is 2. The Morgan fingerprint density at radius 1 is 1.04 bits per heavy atom. The molecular weight excluding hydrogens is 336 g/mol. The van der Waals surface area contributed by atoms with Gasteiger partial charge in [0.1, 0.15) is 5.41 Å². The summed E-state index contributed by atoms with van der Waals surface area (Å²) < 4.78 is 0. The fourth-order valence-corrected chi connectivity index (χ4v) is 2.98. The van der Waals surface area contributed by atoms with Crippen molar-refractivity contribution in [3.63, 3.8) is 0 Å². The molecule has 2 aromatic carbocycles. The summed E-state index contributed by atoms with van der Waals surface area (Å²) in [4.78, 5) is 25.2. The number of aryl methyl sites for hydroxylation is 2. The van der Waals surface area contributed by atoms with E-state index in [0.29, 0.717) is 30.1 Å². The minimum Gasteiger partial charge on any atom is -0.351 e. The summed E-state index contributed by atoms with van der Waals surface area (Å²) in [7, 11) is 0. The largest absolute Gasteiger partial charge is 0.351 e. The van der Waals surface area contributed by atoms with Crippen LogP contribution in [0.4, 0.5) is 5.69 Å². The number of amides is 2. The third-order valence-corrected chi connectivity index (χ3v) is 4.86. The molecule has 0 bridgehead atoms. The zero-order chi connectivity index (χ0) is 18.0. The molecule has 1 aliphatic rings. The number of hydrogen-bond acceptors (Lipinski definition) is 2. The smallest absolute Gasteiger partial charge is 0.240 e. The number of benzene rings is 2. The number of rotatable bonds is 5. The number of halogens is 1. The van der Waals surface area contributed by atoms with Gasteiger partial charge in [0.2, 0.25) is 11.8 Å². The molecule has 130 valence electrons. The van der Waals surface area contributed by atoms with Crippen LogP contribution in [0.5, 0.6) is 0 Å². The van der Waals surface area contributed by atoms with Crippen LogP contribution < -0.4 is 10.6 Å². The summed E-state index contributed by atoms with van der Waals surface area (Å²) in [5, 5.41) is 6.38. The standard InChI is InChI=1S/C20H21ClN2O2/c1-13-3-5-15(6-4-13)12-22-18(24)20(9-10-20)19(25)23-17-8-7-16(21)11-14(17)2/h3-8,11H,9-10,12H2,1-2H3,(H,22,24)(H,23,25). The van der Waals surface area contributed by atoms with Crippen LogP contribution in [0, 0.1) is 19.3 Å². The molecule has 0 saturated heterocycles. The minimum atomic E-state index is -0.948. The lowest BCUT2D eigenvalue weighted by Crippen LogP contribution is -2.39. The maximum Gasteiger partial charge on any atom is 0.240 e. The van der Waals surface area contributed by atoms with Gasteiger partial charge in [-0.2, -0.15) is 0 Å². The second-order valence-electron chi connectivity index (χ2n) is 6.66. The van der Waals surface area contributed by atoms with Gasteiger partial charge in [0, 0.05) is 17.3 Å². The van der Waals surface area contributed by atoms with Crippen molar-refractivity contribution in [1.29, 1.82) is 0 Å². The Labute approximate surface area is 152 Å². The Kier molecular flexibility index (Phi) is 4.82. The van der Waals surface area contributed by atoms with Crippen molar-refractivity contribution in [3.8, 4) is 0 Å². The van der Waals surface area contributed by atoms with Gasteiger partial charge < -0.3 is 10.6 Å². The van der Waals surface area contributed by atoms with Gasteiger partial charge >= 0.3 is 0 Å². The van der Waals surface area contributed by atoms with E-state index in [0.717, 1.165) is 11.1 Å². The molecule has 0 unspecified atom stereocenters. The maximum absolute atomic E-state index is 12.6. The predicted octanol–water partition coefficient (Wildman–Crippen LogP) is 3.99. The summed E-state index contributed by atoms with van der Waals surface area (Å²) in [6.45, 7) is 4.32. The van der Waals surface area contributed by atoms with Crippen LogP contribution >= 0.6 is 11.6 Å². The van der Waals surface area contributed by atoms with Gasteiger partial charge in [0.05, 0.1) is 0 Å². The highest BCUT2D eigenvalue weighted by Crippen LogP contribution is 2.47. The van der Waals surface area contributed by atoms with Gasteiger partial charge in [-0.1, -0.05) is 41.4 Å². The number of nitrogens with one attached hydrogen (secondary N) is 2. The average molecular weight is 357 g/mol. The number of anilines is 1. The van der Waals surface area contributed by atoms with E-state index in [1.54, 1.807) is 18.2 Å². The van der Waals surface area contributed by atoms with Crippen molar-refractivity contribution >= 4 is 29.1 Å². The summed E-state index contributed by atoms with van der Waals surface area (Å²) in [5.41, 5.74) is 2.80. The Hall–Kier alpha value is -2.33. The third kappa shape index (κ3) is 3.85. The molecule has 0 aromatic heterocycles. The van der Waals surface area contributed by atoms with E-state index in [9.17, 15) is 9.59 Å². The molecule has 0 heterocycles. The zero-order valence-electron chi connectivity index (χ0n) is 14.4. The molecule has 4 nitrogen and oxygen atoms in total. The van der Waals surface area contributed by atoms with Gasteiger partial charge in [0.15, 0.2) is 0 Å². The van der Waals surface area contributed by atoms with Crippen LogP contribution in [-0.4, -0.2) is 11.8 Å². The Morgan fingerprint density at radius 2 is 1.72 bits per heavy atom. The SMILES string of the molecule is Cc1ccc(CNC(=O)C2(C(=O)Nc3ccc(Cl)cc3C)CC2)cc1. The lowest BCUT2D eigenvalue weighted by Gasteiger charge is -2.16.